The van der Waals surface area contributed by atoms with Crippen LogP contribution < -0.4 is 10.1 Å². The molecular formula is C21H26F3N3O2S. The minimum Gasteiger partial charge on any atom is -0.406 e. The Balaban J connectivity index is 1.43. The molecule has 0 unspecified atom stereocenters. The van der Waals surface area contributed by atoms with E-state index in [0.717, 1.165) is 56.7 Å². The molecule has 2 fully saturated rings. The number of likely N-dealkylation sites (tertiary alicyclic amines) is 1. The second kappa shape index (κ2) is 8.70. The fraction of sp³-hybridized carbons (Fsp3) is 0.619. The number of nitrogens with zero attached hydrogens (tertiary/aromatic N) is 2. The number of aromatic nitrogens is 1. The summed E-state index contributed by atoms with van der Waals surface area (Å²) in [5, 5.41) is 3.29. The summed E-state index contributed by atoms with van der Waals surface area (Å²) in [6.07, 6.45) is 3.85. The van der Waals surface area contributed by atoms with Crippen molar-refractivity contribution in [2.75, 3.05) is 25.0 Å². The second-order valence-electron chi connectivity index (χ2n) is 8.47. The number of halogens is 3. The van der Waals surface area contributed by atoms with Crippen LogP contribution in [0.3, 0.4) is 0 Å². The van der Waals surface area contributed by atoms with Crippen molar-refractivity contribution >= 4 is 32.6 Å². The first kappa shape index (κ1) is 21.4. The lowest BCUT2D eigenvalue weighted by atomic mass is 9.71. The lowest BCUT2D eigenvalue weighted by molar-refractivity contribution is -0.274. The Morgan fingerprint density at radius 3 is 2.60 bits per heavy atom. The number of hydrogen-bond acceptors (Lipinski definition) is 5. The molecule has 1 aromatic carbocycles. The van der Waals surface area contributed by atoms with Crippen molar-refractivity contribution in [1.82, 2.24) is 9.88 Å². The minimum absolute atomic E-state index is 0.0110. The fourth-order valence-corrected chi connectivity index (χ4v) is 5.68. The Hall–Kier alpha value is -1.87. The number of hydrogen-bond donors (Lipinski definition) is 1. The van der Waals surface area contributed by atoms with Crippen molar-refractivity contribution in [2.24, 2.45) is 5.41 Å². The Morgan fingerprint density at radius 2 is 1.90 bits per heavy atom. The van der Waals surface area contributed by atoms with Crippen molar-refractivity contribution < 1.29 is 22.7 Å². The number of rotatable bonds is 6. The van der Waals surface area contributed by atoms with E-state index in [4.69, 9.17) is 0 Å². The zero-order valence-electron chi connectivity index (χ0n) is 16.8. The van der Waals surface area contributed by atoms with Crippen molar-refractivity contribution in [3.63, 3.8) is 0 Å². The number of carbonyl (C=O) groups excluding carboxylic acids is 1. The standard InChI is InChI=1S/C21H26F3N3O2S/c22-21(23,24)29-15-6-7-16-17(12-15)30-19(25-16)26-18(28)13-20(8-2-1-3-9-20)14-27-10-4-5-11-27/h6-7,12H,1-5,8-11,13-14H2,(H,25,26,28). The first-order valence-corrected chi connectivity index (χ1v) is 11.3. The van der Waals surface area contributed by atoms with E-state index in [9.17, 15) is 18.0 Å². The summed E-state index contributed by atoms with van der Waals surface area (Å²) >= 11 is 1.16. The van der Waals surface area contributed by atoms with Gasteiger partial charge in [0.2, 0.25) is 5.91 Å². The minimum atomic E-state index is -4.74. The van der Waals surface area contributed by atoms with Crippen LogP contribution in [0.25, 0.3) is 10.2 Å². The van der Waals surface area contributed by atoms with E-state index < -0.39 is 6.36 Å². The first-order chi connectivity index (χ1) is 14.3. The third kappa shape index (κ3) is 5.43. The average molecular weight is 442 g/mol. The van der Waals surface area contributed by atoms with E-state index >= 15 is 0 Å². The third-order valence-electron chi connectivity index (χ3n) is 6.05. The molecule has 2 aromatic rings. The Kier molecular flexibility index (Phi) is 6.20. The molecule has 30 heavy (non-hydrogen) atoms. The highest BCUT2D eigenvalue weighted by Crippen LogP contribution is 2.41. The predicted molar refractivity (Wildman–Crippen MR) is 111 cm³/mol. The molecule has 2 aliphatic rings. The van der Waals surface area contributed by atoms with Crippen molar-refractivity contribution in [3.8, 4) is 5.75 Å². The Bertz CT molecular complexity index is 887. The number of benzene rings is 1. The van der Waals surface area contributed by atoms with Gasteiger partial charge in [0.05, 0.1) is 10.2 Å². The van der Waals surface area contributed by atoms with Gasteiger partial charge in [-0.25, -0.2) is 4.98 Å². The van der Waals surface area contributed by atoms with Gasteiger partial charge in [0, 0.05) is 19.0 Å². The first-order valence-electron chi connectivity index (χ1n) is 10.5. The summed E-state index contributed by atoms with van der Waals surface area (Å²) in [5.74, 6) is -0.356. The van der Waals surface area contributed by atoms with Crippen LogP contribution in [-0.2, 0) is 4.79 Å². The van der Waals surface area contributed by atoms with E-state index in [1.165, 1.54) is 37.5 Å². The van der Waals surface area contributed by atoms with Gasteiger partial charge in [0.15, 0.2) is 5.13 Å². The van der Waals surface area contributed by atoms with Crippen molar-refractivity contribution in [3.05, 3.63) is 18.2 Å². The summed E-state index contributed by atoms with van der Waals surface area (Å²) in [4.78, 5) is 19.7. The quantitative estimate of drug-likeness (QED) is 0.637. The molecule has 1 aliphatic heterocycles. The highest BCUT2D eigenvalue weighted by molar-refractivity contribution is 7.22. The lowest BCUT2D eigenvalue weighted by Crippen LogP contribution is -2.40. The number of ether oxygens (including phenoxy) is 1. The molecule has 1 aromatic heterocycles. The molecule has 1 saturated heterocycles. The summed E-state index contributed by atoms with van der Waals surface area (Å²) in [6.45, 7) is 3.20. The van der Waals surface area contributed by atoms with Gasteiger partial charge in [-0.1, -0.05) is 30.6 Å². The van der Waals surface area contributed by atoms with Gasteiger partial charge in [0.25, 0.3) is 0 Å². The number of nitrogens with one attached hydrogen (secondary N) is 1. The molecule has 9 heteroatoms. The predicted octanol–water partition coefficient (Wildman–Crippen LogP) is 5.57. The van der Waals surface area contributed by atoms with Gasteiger partial charge in [-0.2, -0.15) is 0 Å². The number of fused-ring (bicyclic) bond motifs is 1. The highest BCUT2D eigenvalue weighted by Gasteiger charge is 2.37. The number of alkyl halides is 3. The molecule has 0 atom stereocenters. The van der Waals surface area contributed by atoms with Crippen LogP contribution in [0, 0.1) is 5.41 Å². The fourth-order valence-electron chi connectivity index (χ4n) is 4.77. The van der Waals surface area contributed by atoms with Crippen LogP contribution in [0.1, 0.15) is 51.4 Å². The molecule has 0 radical (unpaired) electrons. The van der Waals surface area contributed by atoms with Crippen LogP contribution in [-0.4, -0.2) is 41.8 Å². The average Bonchev–Trinajstić information content (AvgIpc) is 3.29. The van der Waals surface area contributed by atoms with Gasteiger partial charge in [-0.05, 0) is 56.3 Å². The number of anilines is 1. The Labute approximate surface area is 177 Å². The lowest BCUT2D eigenvalue weighted by Gasteiger charge is -2.39. The molecule has 2 heterocycles. The molecular weight excluding hydrogens is 415 g/mol. The number of thiazole rings is 1. The summed E-state index contributed by atoms with van der Waals surface area (Å²) in [7, 11) is 0. The van der Waals surface area contributed by atoms with Crippen molar-refractivity contribution in [1.29, 1.82) is 0 Å². The van der Waals surface area contributed by atoms with E-state index in [1.54, 1.807) is 0 Å². The molecule has 0 spiro atoms. The van der Waals surface area contributed by atoms with Crippen LogP contribution in [0.2, 0.25) is 0 Å². The zero-order valence-corrected chi connectivity index (χ0v) is 17.6. The second-order valence-corrected chi connectivity index (χ2v) is 9.50. The van der Waals surface area contributed by atoms with Crippen LogP contribution in [0.4, 0.5) is 18.3 Å². The van der Waals surface area contributed by atoms with Crippen LogP contribution in [0.15, 0.2) is 18.2 Å². The van der Waals surface area contributed by atoms with Gasteiger partial charge >= 0.3 is 6.36 Å². The monoisotopic (exact) mass is 441 g/mol. The van der Waals surface area contributed by atoms with Gasteiger partial charge in [-0.15, -0.1) is 13.2 Å². The molecule has 0 bridgehead atoms. The van der Waals surface area contributed by atoms with Crippen LogP contribution >= 0.6 is 11.3 Å². The highest BCUT2D eigenvalue weighted by atomic mass is 32.1. The number of amides is 1. The van der Waals surface area contributed by atoms with Gasteiger partial charge in [0.1, 0.15) is 5.75 Å². The summed E-state index contributed by atoms with van der Waals surface area (Å²) in [5.41, 5.74) is 0.547. The molecule has 5 nitrogen and oxygen atoms in total. The molecule has 1 saturated carbocycles. The third-order valence-corrected chi connectivity index (χ3v) is 6.98. The summed E-state index contributed by atoms with van der Waals surface area (Å²) < 4.78 is 41.8. The largest absolute Gasteiger partial charge is 0.573 e. The van der Waals surface area contributed by atoms with Gasteiger partial charge in [-0.3, -0.25) is 4.79 Å². The normalized spacial score (nSPS) is 19.8. The SMILES string of the molecule is O=C(CC1(CN2CCCC2)CCCCC1)Nc1nc2ccc(OC(F)(F)F)cc2s1. The molecule has 164 valence electrons. The van der Waals surface area contributed by atoms with Crippen LogP contribution in [0.5, 0.6) is 5.75 Å². The maximum atomic E-state index is 12.9. The zero-order chi connectivity index (χ0) is 21.2. The number of carbonyl (C=O) groups is 1. The topological polar surface area (TPSA) is 54.5 Å². The van der Waals surface area contributed by atoms with Gasteiger partial charge < -0.3 is 15.0 Å². The molecule has 1 aliphatic carbocycles. The summed E-state index contributed by atoms with van der Waals surface area (Å²) in [6, 6.07) is 4.00. The maximum Gasteiger partial charge on any atom is 0.573 e. The Morgan fingerprint density at radius 1 is 1.17 bits per heavy atom. The van der Waals surface area contributed by atoms with E-state index in [1.807, 2.05) is 0 Å². The maximum absolute atomic E-state index is 12.9. The smallest absolute Gasteiger partial charge is 0.406 e. The van der Waals surface area contributed by atoms with E-state index in [0.29, 0.717) is 21.8 Å². The molecule has 1 amide bonds. The molecule has 4 rings (SSSR count). The van der Waals surface area contributed by atoms with E-state index in [2.05, 4.69) is 19.9 Å². The van der Waals surface area contributed by atoms with E-state index in [-0.39, 0.29) is 17.1 Å². The van der Waals surface area contributed by atoms with Crippen molar-refractivity contribution in [2.45, 2.75) is 57.7 Å². The molecule has 1 N–H and O–H groups in total.